The van der Waals surface area contributed by atoms with Crippen molar-refractivity contribution in [2.45, 2.75) is 12.8 Å². The van der Waals surface area contributed by atoms with Crippen LogP contribution in [0.5, 0.6) is 0 Å². The van der Waals surface area contributed by atoms with Gasteiger partial charge in [-0.3, -0.25) is 4.67 Å². The van der Waals surface area contributed by atoms with Crippen LogP contribution in [0.1, 0.15) is 12.8 Å². The van der Waals surface area contributed by atoms with E-state index in [9.17, 15) is 9.46 Å². The first kappa shape index (κ1) is 12.3. The van der Waals surface area contributed by atoms with Crippen LogP contribution in [-0.2, 0) is 4.57 Å². The molecule has 0 radical (unpaired) electrons. The van der Waals surface area contributed by atoms with Crippen molar-refractivity contribution in [3.63, 3.8) is 0 Å². The predicted molar refractivity (Wildman–Crippen MR) is 34.0 cm³/mol. The van der Waals surface area contributed by atoms with E-state index in [2.05, 4.69) is 0 Å². The summed E-state index contributed by atoms with van der Waals surface area (Å²) in [7, 11) is -3.83. The van der Waals surface area contributed by atoms with Gasteiger partial charge in [-0.05, 0) is 12.8 Å². The van der Waals surface area contributed by atoms with Gasteiger partial charge in [0, 0.05) is 13.1 Å². The van der Waals surface area contributed by atoms with E-state index in [1.807, 2.05) is 0 Å². The van der Waals surface area contributed by atoms with Gasteiger partial charge < -0.3 is 9.46 Å². The van der Waals surface area contributed by atoms with Crippen molar-refractivity contribution in [2.75, 3.05) is 13.1 Å². The van der Waals surface area contributed by atoms with E-state index in [1.165, 1.54) is 10.5 Å². The van der Waals surface area contributed by atoms with Gasteiger partial charge in [-0.25, -0.2) is 0 Å². The van der Waals surface area contributed by atoms with Crippen LogP contribution in [0.3, 0.4) is 0 Å². The fourth-order valence-electron chi connectivity index (χ4n) is 1.03. The number of hydrogen-bond donors (Lipinski definition) is 0. The van der Waals surface area contributed by atoms with Crippen LogP contribution >= 0.6 is 7.52 Å². The minimum atomic E-state index is -3.83. The van der Waals surface area contributed by atoms with Crippen molar-refractivity contribution < 1.29 is 60.8 Å². The van der Waals surface area contributed by atoms with E-state index in [1.54, 1.807) is 0 Å². The number of hydrogen-bond acceptors (Lipinski definition) is 3. The Labute approximate surface area is 108 Å². The molecule has 1 aliphatic heterocycles. The standard InChI is InChI=1S/C5H9N2O2P.K/c6-5-10(8,9)7-3-1-2-4-7;/h1-4H2,(H,8,9);/q;+1/p-1. The van der Waals surface area contributed by atoms with Crippen LogP contribution in [0.15, 0.2) is 0 Å². The van der Waals surface area contributed by atoms with Crippen LogP contribution in [0.2, 0.25) is 0 Å². The minimum Gasteiger partial charge on any atom is -0.777 e. The first-order valence-corrected chi connectivity index (χ1v) is 4.72. The molecule has 6 heteroatoms. The first-order valence-electron chi connectivity index (χ1n) is 3.14. The third-order valence-electron chi connectivity index (χ3n) is 1.58. The molecule has 0 aliphatic carbocycles. The van der Waals surface area contributed by atoms with Gasteiger partial charge in [0.25, 0.3) is 0 Å². The number of rotatable bonds is 1. The normalized spacial score (nSPS) is 23.3. The Morgan fingerprint density at radius 1 is 1.45 bits per heavy atom. The van der Waals surface area contributed by atoms with E-state index < -0.39 is 7.52 Å². The van der Waals surface area contributed by atoms with Crippen LogP contribution in [0, 0.1) is 11.1 Å². The molecule has 0 N–H and O–H groups in total. The molecule has 0 aromatic carbocycles. The fourth-order valence-corrected chi connectivity index (χ4v) is 1.96. The summed E-state index contributed by atoms with van der Waals surface area (Å²) in [6.45, 7) is 1.04. The van der Waals surface area contributed by atoms with Crippen molar-refractivity contribution in [3.8, 4) is 5.81 Å². The maximum atomic E-state index is 10.8. The maximum absolute atomic E-state index is 10.8. The van der Waals surface area contributed by atoms with Gasteiger partial charge in [0.15, 0.2) is 7.52 Å². The molecule has 1 fully saturated rings. The summed E-state index contributed by atoms with van der Waals surface area (Å²) < 4.78 is 12.0. The van der Waals surface area contributed by atoms with Crippen molar-refractivity contribution in [2.24, 2.45) is 0 Å². The summed E-state index contributed by atoms with van der Waals surface area (Å²) in [5, 5.41) is 8.19. The molecule has 1 unspecified atom stereocenters. The second kappa shape index (κ2) is 5.10. The molecule has 0 aromatic heterocycles. The predicted octanol–water partition coefficient (Wildman–Crippen LogP) is -2.88. The Hall–Kier alpha value is 1.28. The Kier molecular flexibility index (Phi) is 5.69. The molecule has 1 rings (SSSR count). The Bertz CT molecular complexity index is 209. The number of nitriles is 1. The van der Waals surface area contributed by atoms with Crippen LogP contribution in [0.25, 0.3) is 0 Å². The molecule has 1 aliphatic rings. The molecule has 4 nitrogen and oxygen atoms in total. The molecule has 0 saturated carbocycles. The molecule has 0 aromatic rings. The maximum Gasteiger partial charge on any atom is 1.00 e. The van der Waals surface area contributed by atoms with E-state index in [4.69, 9.17) is 5.26 Å². The summed E-state index contributed by atoms with van der Waals surface area (Å²) in [6.07, 6.45) is 1.77. The van der Waals surface area contributed by atoms with E-state index in [-0.39, 0.29) is 51.4 Å². The average molecular weight is 198 g/mol. The van der Waals surface area contributed by atoms with Gasteiger partial charge in [-0.2, -0.15) is 5.26 Å². The molecule has 0 bridgehead atoms. The van der Waals surface area contributed by atoms with Gasteiger partial charge in [-0.1, -0.05) is 0 Å². The SMILES string of the molecule is N#CP(=O)([O-])N1CCCC1.[K+]. The monoisotopic (exact) mass is 198 g/mol. The Morgan fingerprint density at radius 3 is 2.27 bits per heavy atom. The van der Waals surface area contributed by atoms with E-state index in [0.717, 1.165) is 12.8 Å². The van der Waals surface area contributed by atoms with Gasteiger partial charge in [0.2, 0.25) is 0 Å². The zero-order chi connectivity index (χ0) is 7.61. The van der Waals surface area contributed by atoms with Gasteiger partial charge in [-0.15, -0.1) is 0 Å². The van der Waals surface area contributed by atoms with Crippen molar-refractivity contribution in [3.05, 3.63) is 0 Å². The van der Waals surface area contributed by atoms with Crippen molar-refractivity contribution in [1.82, 2.24) is 4.67 Å². The number of nitrogens with zero attached hydrogens (tertiary/aromatic N) is 2. The van der Waals surface area contributed by atoms with Crippen LogP contribution in [0.4, 0.5) is 0 Å². The van der Waals surface area contributed by atoms with E-state index in [0.29, 0.717) is 13.1 Å². The van der Waals surface area contributed by atoms with Crippen LogP contribution in [-0.4, -0.2) is 17.8 Å². The molecule has 1 saturated heterocycles. The third kappa shape index (κ3) is 3.25. The molecule has 0 amide bonds. The molecule has 1 heterocycles. The molecule has 11 heavy (non-hydrogen) atoms. The summed E-state index contributed by atoms with van der Waals surface area (Å²) in [5.41, 5.74) is 0. The van der Waals surface area contributed by atoms with Gasteiger partial charge in [0.05, 0.1) is 0 Å². The Balaban J connectivity index is 0.000001000. The van der Waals surface area contributed by atoms with Gasteiger partial charge in [0.1, 0.15) is 5.81 Å². The molecule has 1 atom stereocenters. The zero-order valence-corrected chi connectivity index (χ0v) is 10.5. The smallest absolute Gasteiger partial charge is 0.777 e. The second-order valence-electron chi connectivity index (χ2n) is 2.28. The summed E-state index contributed by atoms with van der Waals surface area (Å²) in [4.78, 5) is 10.8. The zero-order valence-electron chi connectivity index (χ0n) is 6.49. The second-order valence-corrected chi connectivity index (χ2v) is 4.09. The quantitative estimate of drug-likeness (QED) is 0.335. The molecular weight excluding hydrogens is 190 g/mol. The largest absolute Gasteiger partial charge is 1.00 e. The minimum absolute atomic E-state index is 0. The third-order valence-corrected chi connectivity index (χ3v) is 2.98. The molecular formula is C5H8KN2O2P. The topological polar surface area (TPSA) is 67.2 Å². The summed E-state index contributed by atoms with van der Waals surface area (Å²) in [6, 6.07) is 0. The van der Waals surface area contributed by atoms with Crippen molar-refractivity contribution in [1.29, 1.82) is 5.26 Å². The first-order chi connectivity index (χ1) is 4.67. The van der Waals surface area contributed by atoms with E-state index >= 15 is 0 Å². The summed E-state index contributed by atoms with van der Waals surface area (Å²) in [5.74, 6) is 1.31. The molecule has 0 spiro atoms. The molecule has 56 valence electrons. The van der Waals surface area contributed by atoms with Gasteiger partial charge >= 0.3 is 51.4 Å². The Morgan fingerprint density at radius 2 is 1.91 bits per heavy atom. The summed E-state index contributed by atoms with van der Waals surface area (Å²) >= 11 is 0. The average Bonchev–Trinajstić information content (AvgIpc) is 2.38. The van der Waals surface area contributed by atoms with Crippen molar-refractivity contribution >= 4 is 7.52 Å². The fraction of sp³-hybridized carbons (Fsp3) is 0.800. The van der Waals surface area contributed by atoms with Crippen LogP contribution < -0.4 is 56.3 Å².